The molecule has 7 heteroatoms. The van der Waals surface area contributed by atoms with E-state index in [1.807, 2.05) is 16.9 Å². The van der Waals surface area contributed by atoms with Crippen molar-refractivity contribution in [2.45, 2.75) is 25.3 Å². The summed E-state index contributed by atoms with van der Waals surface area (Å²) in [5.74, 6) is 0.128. The lowest BCUT2D eigenvalue weighted by atomic mass is 9.70. The van der Waals surface area contributed by atoms with Gasteiger partial charge in [-0.2, -0.15) is 15.5 Å². The average Bonchev–Trinajstić information content (AvgIpc) is 3.11. The largest absolute Gasteiger partial charge is 0.266 e. The molecule has 0 amide bonds. The lowest BCUT2D eigenvalue weighted by molar-refractivity contribution is 0.105. The molecule has 0 aliphatic heterocycles. The molecule has 4 rings (SSSR count). The highest BCUT2D eigenvalue weighted by Crippen LogP contribution is 2.43. The highest BCUT2D eigenvalue weighted by Gasteiger charge is 2.42. The van der Waals surface area contributed by atoms with Crippen LogP contribution in [0.1, 0.15) is 19.8 Å². The molecule has 1 saturated carbocycles. The summed E-state index contributed by atoms with van der Waals surface area (Å²) in [5.41, 5.74) is 2.46. The molecule has 3 aromatic rings. The molecule has 0 atom stereocenters. The Balaban J connectivity index is 1.75. The molecule has 3 heterocycles. The van der Waals surface area contributed by atoms with Crippen LogP contribution in [-0.4, -0.2) is 24.4 Å². The van der Waals surface area contributed by atoms with Gasteiger partial charge in [0, 0.05) is 11.8 Å². The number of fused-ring (bicyclic) bond motifs is 1. The third-order valence-electron chi connectivity index (χ3n) is 4.32. The van der Waals surface area contributed by atoms with Gasteiger partial charge in [-0.3, -0.25) is 4.68 Å². The predicted octanol–water partition coefficient (Wildman–Crippen LogP) is 2.89. The van der Waals surface area contributed by atoms with Gasteiger partial charge in [0.1, 0.15) is 10.8 Å². The van der Waals surface area contributed by atoms with E-state index < -0.39 is 0 Å². The lowest BCUT2D eigenvalue weighted by Crippen LogP contribution is -2.43. The number of hydrogen-bond acceptors (Lipinski definition) is 4. The van der Waals surface area contributed by atoms with Gasteiger partial charge in [0.2, 0.25) is 0 Å². The van der Waals surface area contributed by atoms with Crippen LogP contribution >= 0.6 is 11.6 Å². The van der Waals surface area contributed by atoms with E-state index in [1.165, 1.54) is 0 Å². The maximum absolute atomic E-state index is 8.96. The Kier molecular flexibility index (Phi) is 2.75. The molecule has 0 spiro atoms. The number of nitriles is 1. The van der Waals surface area contributed by atoms with E-state index in [2.05, 4.69) is 28.2 Å². The summed E-state index contributed by atoms with van der Waals surface area (Å²) in [6.07, 6.45) is 8.81. The number of aromatic nitrogens is 5. The predicted molar refractivity (Wildman–Crippen MR) is 81.2 cm³/mol. The highest BCUT2D eigenvalue weighted by atomic mass is 35.5. The number of rotatable bonds is 2. The molecule has 1 fully saturated rings. The van der Waals surface area contributed by atoms with E-state index in [0.717, 1.165) is 29.6 Å². The summed E-state index contributed by atoms with van der Waals surface area (Å²) < 4.78 is 3.64. The third-order valence-corrected chi connectivity index (χ3v) is 4.51. The van der Waals surface area contributed by atoms with Crippen LogP contribution in [0.5, 0.6) is 0 Å². The molecule has 0 bridgehead atoms. The molecule has 1 aliphatic carbocycles. The molecule has 0 saturated heterocycles. The maximum atomic E-state index is 8.96. The Morgan fingerprint density at radius 1 is 1.36 bits per heavy atom. The summed E-state index contributed by atoms with van der Waals surface area (Å²) >= 11 is 6.07. The van der Waals surface area contributed by atoms with E-state index in [4.69, 9.17) is 16.9 Å². The van der Waals surface area contributed by atoms with Crippen molar-refractivity contribution >= 4 is 17.1 Å². The van der Waals surface area contributed by atoms with Crippen LogP contribution in [0.15, 0.2) is 30.9 Å². The van der Waals surface area contributed by atoms with Crippen LogP contribution in [0.2, 0.25) is 5.15 Å². The molecule has 0 aromatic carbocycles. The molecule has 110 valence electrons. The van der Waals surface area contributed by atoms with E-state index in [-0.39, 0.29) is 11.5 Å². The van der Waals surface area contributed by atoms with Crippen molar-refractivity contribution in [1.29, 1.82) is 5.26 Å². The topological polar surface area (TPSA) is 71.8 Å². The summed E-state index contributed by atoms with van der Waals surface area (Å²) in [4.78, 5) is 4.41. The van der Waals surface area contributed by atoms with Crippen molar-refractivity contribution in [2.24, 2.45) is 5.92 Å². The summed E-state index contributed by atoms with van der Waals surface area (Å²) in [6, 6.07) is 4.21. The fraction of sp³-hybridized carbons (Fsp3) is 0.333. The Hall–Kier alpha value is -2.39. The molecule has 6 nitrogen and oxygen atoms in total. The first-order valence-corrected chi connectivity index (χ1v) is 7.42. The second-order valence-corrected chi connectivity index (χ2v) is 6.37. The minimum atomic E-state index is -0.0895. The van der Waals surface area contributed by atoms with Crippen molar-refractivity contribution in [1.82, 2.24) is 24.4 Å². The zero-order valence-corrected chi connectivity index (χ0v) is 12.7. The fourth-order valence-electron chi connectivity index (χ4n) is 3.13. The van der Waals surface area contributed by atoms with Crippen LogP contribution in [0.3, 0.4) is 0 Å². The maximum Gasteiger partial charge on any atom is 0.148 e. The summed E-state index contributed by atoms with van der Waals surface area (Å²) in [5, 5.41) is 18.0. The highest BCUT2D eigenvalue weighted by molar-refractivity contribution is 6.29. The molecule has 0 radical (unpaired) electrons. The Bertz CT molecular complexity index is 896. The summed E-state index contributed by atoms with van der Waals surface area (Å²) in [7, 11) is 0. The third kappa shape index (κ3) is 1.90. The van der Waals surface area contributed by atoms with Crippen molar-refractivity contribution in [3.63, 3.8) is 0 Å². The normalized spacial score (nSPS) is 24.1. The Morgan fingerprint density at radius 3 is 2.95 bits per heavy atom. The van der Waals surface area contributed by atoms with Gasteiger partial charge in [-0.05, 0) is 25.8 Å². The van der Waals surface area contributed by atoms with Gasteiger partial charge < -0.3 is 0 Å². The van der Waals surface area contributed by atoms with Crippen molar-refractivity contribution in [3.05, 3.63) is 36.0 Å². The van der Waals surface area contributed by atoms with Gasteiger partial charge in [-0.15, -0.1) is 0 Å². The minimum Gasteiger partial charge on any atom is -0.266 e. The second kappa shape index (κ2) is 4.55. The second-order valence-electron chi connectivity index (χ2n) is 5.98. The first-order valence-electron chi connectivity index (χ1n) is 7.04. The van der Waals surface area contributed by atoms with Gasteiger partial charge in [0.15, 0.2) is 0 Å². The SMILES string of the molecule is CC1(n2cc(-c3nc(Cl)cn4nccc34)cn2)CC(C#N)C1. The molecule has 3 aromatic heterocycles. The molecular weight excluding hydrogens is 300 g/mol. The number of halogens is 1. The van der Waals surface area contributed by atoms with Crippen LogP contribution in [0.4, 0.5) is 0 Å². The average molecular weight is 313 g/mol. The first-order chi connectivity index (χ1) is 10.6. The number of nitrogens with zero attached hydrogens (tertiary/aromatic N) is 6. The smallest absolute Gasteiger partial charge is 0.148 e. The van der Waals surface area contributed by atoms with E-state index in [1.54, 1.807) is 23.1 Å². The van der Waals surface area contributed by atoms with Gasteiger partial charge in [-0.1, -0.05) is 11.6 Å². The van der Waals surface area contributed by atoms with Gasteiger partial charge >= 0.3 is 0 Å². The Morgan fingerprint density at radius 2 is 2.18 bits per heavy atom. The quantitative estimate of drug-likeness (QED) is 0.729. The van der Waals surface area contributed by atoms with Crippen LogP contribution in [0.25, 0.3) is 16.8 Å². The van der Waals surface area contributed by atoms with E-state index in [9.17, 15) is 0 Å². The molecule has 0 unspecified atom stereocenters. The van der Waals surface area contributed by atoms with Crippen LogP contribution < -0.4 is 0 Å². The zero-order chi connectivity index (χ0) is 15.3. The lowest BCUT2D eigenvalue weighted by Gasteiger charge is -2.42. The molecule has 0 N–H and O–H groups in total. The van der Waals surface area contributed by atoms with Crippen LogP contribution in [-0.2, 0) is 5.54 Å². The van der Waals surface area contributed by atoms with Crippen LogP contribution in [0, 0.1) is 17.2 Å². The number of hydrogen-bond donors (Lipinski definition) is 0. The minimum absolute atomic E-state index is 0.0895. The van der Waals surface area contributed by atoms with Gasteiger partial charge in [0.05, 0.1) is 41.6 Å². The first kappa shape index (κ1) is 13.3. The molecule has 22 heavy (non-hydrogen) atoms. The summed E-state index contributed by atoms with van der Waals surface area (Å²) in [6.45, 7) is 2.12. The Labute approximate surface area is 132 Å². The standard InChI is InChI=1S/C15H13ClN6/c1-15(4-10(5-15)6-17)22-8-11(7-19-22)14-12-2-3-18-21(12)9-13(16)20-14/h2-3,7-10H,4-5H2,1H3. The van der Waals surface area contributed by atoms with Crippen molar-refractivity contribution in [3.8, 4) is 17.3 Å². The van der Waals surface area contributed by atoms with E-state index in [0.29, 0.717) is 5.15 Å². The van der Waals surface area contributed by atoms with Gasteiger partial charge in [-0.25, -0.2) is 9.50 Å². The van der Waals surface area contributed by atoms with Gasteiger partial charge in [0.25, 0.3) is 0 Å². The van der Waals surface area contributed by atoms with Crippen molar-refractivity contribution < 1.29 is 0 Å². The molecular formula is C15H13ClN6. The zero-order valence-electron chi connectivity index (χ0n) is 11.9. The fourth-order valence-corrected chi connectivity index (χ4v) is 3.31. The molecule has 1 aliphatic rings. The monoisotopic (exact) mass is 312 g/mol. The van der Waals surface area contributed by atoms with Crippen molar-refractivity contribution in [2.75, 3.05) is 0 Å². The van der Waals surface area contributed by atoms with E-state index >= 15 is 0 Å².